The number of hydrogen-bond acceptors (Lipinski definition) is 2. The third kappa shape index (κ3) is 3.47. The summed E-state index contributed by atoms with van der Waals surface area (Å²) in [6, 6.07) is 8.83. The summed E-state index contributed by atoms with van der Waals surface area (Å²) in [7, 11) is 1.81. The van der Waals surface area contributed by atoms with Crippen LogP contribution in [0.2, 0.25) is 5.02 Å². The molecule has 2 unspecified atom stereocenters. The van der Waals surface area contributed by atoms with Crippen molar-refractivity contribution in [2.75, 3.05) is 7.11 Å². The average molecular weight is 268 g/mol. The molecule has 3 heteroatoms. The van der Waals surface area contributed by atoms with Crippen molar-refractivity contribution in [3.8, 4) is 0 Å². The maximum atomic E-state index is 6.04. The van der Waals surface area contributed by atoms with Crippen molar-refractivity contribution in [2.45, 2.75) is 50.8 Å². The zero-order valence-electron chi connectivity index (χ0n) is 11.2. The smallest absolute Gasteiger partial charge is 0.0724 e. The summed E-state index contributed by atoms with van der Waals surface area (Å²) in [4.78, 5) is 0. The number of nitrogens with one attached hydrogen (secondary N) is 1. The molecule has 2 nitrogen and oxygen atoms in total. The molecule has 0 aromatic heterocycles. The molecule has 1 saturated carbocycles. The highest BCUT2D eigenvalue weighted by molar-refractivity contribution is 6.30. The highest BCUT2D eigenvalue weighted by Gasteiger charge is 2.26. The van der Waals surface area contributed by atoms with Crippen LogP contribution in [0.1, 0.15) is 44.2 Å². The molecule has 0 heterocycles. The van der Waals surface area contributed by atoms with Gasteiger partial charge >= 0.3 is 0 Å². The highest BCUT2D eigenvalue weighted by Crippen LogP contribution is 2.24. The lowest BCUT2D eigenvalue weighted by atomic mass is 9.91. The van der Waals surface area contributed by atoms with E-state index < -0.39 is 0 Å². The van der Waals surface area contributed by atoms with Gasteiger partial charge < -0.3 is 10.1 Å². The molecule has 0 amide bonds. The number of ether oxygens (including phenoxy) is 1. The molecule has 1 aromatic rings. The van der Waals surface area contributed by atoms with E-state index in [0.29, 0.717) is 18.2 Å². The predicted octanol–water partition coefficient (Wildman–Crippen LogP) is 3.95. The van der Waals surface area contributed by atoms with Gasteiger partial charge in [-0.05, 0) is 37.5 Å². The first-order valence-corrected chi connectivity index (χ1v) is 7.13. The molecule has 0 bridgehead atoms. The number of benzene rings is 1. The minimum Gasteiger partial charge on any atom is -0.380 e. The Balaban J connectivity index is 1.99. The van der Waals surface area contributed by atoms with Crippen LogP contribution in [-0.4, -0.2) is 19.3 Å². The Kier molecular flexibility index (Phi) is 5.04. The number of rotatable bonds is 4. The third-order valence-corrected chi connectivity index (χ3v) is 4.05. The molecule has 2 rings (SSSR count). The minimum absolute atomic E-state index is 0.310. The molecule has 1 aliphatic carbocycles. The summed E-state index contributed by atoms with van der Waals surface area (Å²) in [6.45, 7) is 2.19. The summed E-state index contributed by atoms with van der Waals surface area (Å²) in [5.41, 5.74) is 1.24. The van der Waals surface area contributed by atoms with Gasteiger partial charge in [0.25, 0.3) is 0 Å². The van der Waals surface area contributed by atoms with E-state index in [9.17, 15) is 0 Å². The molecule has 0 saturated heterocycles. The molecule has 1 fully saturated rings. The molecule has 3 atom stereocenters. The zero-order valence-corrected chi connectivity index (χ0v) is 11.9. The van der Waals surface area contributed by atoms with Crippen molar-refractivity contribution in [2.24, 2.45) is 0 Å². The van der Waals surface area contributed by atoms with E-state index in [0.717, 1.165) is 11.4 Å². The molecule has 0 radical (unpaired) electrons. The monoisotopic (exact) mass is 267 g/mol. The lowest BCUT2D eigenvalue weighted by molar-refractivity contribution is 0.0384. The van der Waals surface area contributed by atoms with Gasteiger partial charge in [0, 0.05) is 24.2 Å². The van der Waals surface area contributed by atoms with Gasteiger partial charge in [-0.2, -0.15) is 0 Å². The molecule has 0 spiro atoms. The highest BCUT2D eigenvalue weighted by atomic mass is 35.5. The summed E-state index contributed by atoms with van der Waals surface area (Å²) in [5, 5.41) is 4.48. The topological polar surface area (TPSA) is 21.3 Å². The molecule has 1 N–H and O–H groups in total. The number of hydrogen-bond donors (Lipinski definition) is 1. The first-order valence-electron chi connectivity index (χ1n) is 6.75. The maximum absolute atomic E-state index is 6.04. The fraction of sp³-hybridized carbons (Fsp3) is 0.600. The molecule has 100 valence electrons. The summed E-state index contributed by atoms with van der Waals surface area (Å²) in [6.07, 6.45) is 5.28. The normalized spacial score (nSPS) is 25.9. The van der Waals surface area contributed by atoms with Crippen LogP contribution >= 0.6 is 11.6 Å². The van der Waals surface area contributed by atoms with Gasteiger partial charge in [0.2, 0.25) is 0 Å². The predicted molar refractivity (Wildman–Crippen MR) is 76.1 cm³/mol. The summed E-state index contributed by atoms with van der Waals surface area (Å²) < 4.78 is 5.58. The van der Waals surface area contributed by atoms with Gasteiger partial charge in [-0.25, -0.2) is 0 Å². The van der Waals surface area contributed by atoms with Gasteiger partial charge in [0.15, 0.2) is 0 Å². The van der Waals surface area contributed by atoms with Gasteiger partial charge in [0.05, 0.1) is 6.10 Å². The Morgan fingerprint density at radius 2 is 2.11 bits per heavy atom. The molecule has 1 aliphatic rings. The molecule has 0 aliphatic heterocycles. The lowest BCUT2D eigenvalue weighted by Gasteiger charge is -2.33. The standard InChI is InChI=1S/C15H22ClNO/c1-11(12-6-5-7-13(16)10-12)17-14-8-3-4-9-15(14)18-2/h5-7,10-11,14-15,17H,3-4,8-9H2,1-2H3/t11-,14?,15?/m1/s1. The van der Waals surface area contributed by atoms with Crippen LogP contribution in [0.5, 0.6) is 0 Å². The lowest BCUT2D eigenvalue weighted by Crippen LogP contribution is -2.44. The number of methoxy groups -OCH3 is 1. The molecule has 18 heavy (non-hydrogen) atoms. The van der Waals surface area contributed by atoms with Crippen LogP contribution in [0.15, 0.2) is 24.3 Å². The SMILES string of the molecule is COC1CCCCC1N[C@H](C)c1cccc(Cl)c1. The second kappa shape index (κ2) is 6.55. The third-order valence-electron chi connectivity index (χ3n) is 3.82. The second-order valence-electron chi connectivity index (χ2n) is 5.11. The van der Waals surface area contributed by atoms with E-state index in [4.69, 9.17) is 16.3 Å². The summed E-state index contributed by atoms with van der Waals surface area (Å²) in [5.74, 6) is 0. The van der Waals surface area contributed by atoms with Crippen LogP contribution < -0.4 is 5.32 Å². The van der Waals surface area contributed by atoms with Crippen LogP contribution in [0.4, 0.5) is 0 Å². The van der Waals surface area contributed by atoms with Crippen molar-refractivity contribution in [3.63, 3.8) is 0 Å². The van der Waals surface area contributed by atoms with Crippen molar-refractivity contribution in [1.82, 2.24) is 5.32 Å². The van der Waals surface area contributed by atoms with Crippen LogP contribution in [0.25, 0.3) is 0 Å². The van der Waals surface area contributed by atoms with Crippen molar-refractivity contribution < 1.29 is 4.74 Å². The minimum atomic E-state index is 0.310. The Morgan fingerprint density at radius 1 is 1.33 bits per heavy atom. The van der Waals surface area contributed by atoms with Gasteiger partial charge in [0.1, 0.15) is 0 Å². The van der Waals surface area contributed by atoms with Crippen molar-refractivity contribution >= 4 is 11.6 Å². The molecular formula is C15H22ClNO. The molecular weight excluding hydrogens is 246 g/mol. The Hall–Kier alpha value is -0.570. The Bertz CT molecular complexity index is 383. The van der Waals surface area contributed by atoms with Crippen LogP contribution in [-0.2, 0) is 4.74 Å². The van der Waals surface area contributed by atoms with E-state index in [1.807, 2.05) is 25.3 Å². The van der Waals surface area contributed by atoms with Crippen molar-refractivity contribution in [3.05, 3.63) is 34.9 Å². The van der Waals surface area contributed by atoms with Gasteiger partial charge in [-0.3, -0.25) is 0 Å². The Morgan fingerprint density at radius 3 is 2.83 bits per heavy atom. The Labute approximate surface area is 115 Å². The van der Waals surface area contributed by atoms with Gasteiger partial charge in [-0.1, -0.05) is 36.6 Å². The zero-order chi connectivity index (χ0) is 13.0. The first kappa shape index (κ1) is 13.9. The largest absolute Gasteiger partial charge is 0.380 e. The second-order valence-corrected chi connectivity index (χ2v) is 5.54. The van der Waals surface area contributed by atoms with Crippen molar-refractivity contribution in [1.29, 1.82) is 0 Å². The fourth-order valence-corrected chi connectivity index (χ4v) is 2.96. The van der Waals surface area contributed by atoms with Crippen LogP contribution in [0.3, 0.4) is 0 Å². The average Bonchev–Trinajstić information content (AvgIpc) is 2.39. The van der Waals surface area contributed by atoms with E-state index in [1.165, 1.54) is 24.8 Å². The van der Waals surface area contributed by atoms with E-state index in [1.54, 1.807) is 0 Å². The van der Waals surface area contributed by atoms with Crippen LogP contribution in [0, 0.1) is 0 Å². The maximum Gasteiger partial charge on any atom is 0.0724 e. The molecule has 1 aromatic carbocycles. The van der Waals surface area contributed by atoms with E-state index >= 15 is 0 Å². The fourth-order valence-electron chi connectivity index (χ4n) is 2.76. The summed E-state index contributed by atoms with van der Waals surface area (Å²) >= 11 is 6.04. The van der Waals surface area contributed by atoms with E-state index in [-0.39, 0.29) is 0 Å². The van der Waals surface area contributed by atoms with Gasteiger partial charge in [-0.15, -0.1) is 0 Å². The quantitative estimate of drug-likeness (QED) is 0.892. The van der Waals surface area contributed by atoms with E-state index in [2.05, 4.69) is 18.3 Å². The first-order chi connectivity index (χ1) is 8.70. The number of halogens is 1.